The van der Waals surface area contributed by atoms with Crippen molar-refractivity contribution in [1.29, 1.82) is 0 Å². The molecule has 0 radical (unpaired) electrons. The molecule has 6 heteroatoms. The van der Waals surface area contributed by atoms with E-state index < -0.39 is 6.10 Å². The molecule has 2 heterocycles. The van der Waals surface area contributed by atoms with Gasteiger partial charge in [0.1, 0.15) is 5.82 Å². The van der Waals surface area contributed by atoms with Crippen LogP contribution in [0.1, 0.15) is 42.2 Å². The summed E-state index contributed by atoms with van der Waals surface area (Å²) in [4.78, 5) is 18.6. The van der Waals surface area contributed by atoms with Crippen molar-refractivity contribution in [3.05, 3.63) is 59.5 Å². The molecule has 2 unspecified atom stereocenters. The Morgan fingerprint density at radius 2 is 2.16 bits per heavy atom. The molecular weight excluding hydrogens is 323 g/mol. The number of carbonyl (C=O) groups is 1. The molecular formula is C19H21FN2O3. The molecule has 2 atom stereocenters. The number of nitrogens with zero attached hydrogens (tertiary/aromatic N) is 2. The number of carbonyl (C=O) groups excluding carboxylic acids is 1. The van der Waals surface area contributed by atoms with Gasteiger partial charge in [-0.15, -0.1) is 0 Å². The summed E-state index contributed by atoms with van der Waals surface area (Å²) in [6, 6.07) is 8.99. The van der Waals surface area contributed by atoms with Crippen LogP contribution < -0.4 is 4.74 Å². The molecule has 1 aliphatic heterocycles. The predicted molar refractivity (Wildman–Crippen MR) is 90.8 cm³/mol. The zero-order chi connectivity index (χ0) is 18.0. The Labute approximate surface area is 146 Å². The molecule has 1 amide bonds. The highest BCUT2D eigenvalue weighted by Crippen LogP contribution is 2.33. The third-order valence-electron chi connectivity index (χ3n) is 4.11. The fourth-order valence-electron chi connectivity index (χ4n) is 3.08. The number of halogens is 1. The minimum Gasteiger partial charge on any atom is -0.475 e. The van der Waals surface area contributed by atoms with Gasteiger partial charge < -0.3 is 14.7 Å². The molecule has 25 heavy (non-hydrogen) atoms. The monoisotopic (exact) mass is 344 g/mol. The highest BCUT2D eigenvalue weighted by Gasteiger charge is 2.36. The number of pyridine rings is 1. The van der Waals surface area contributed by atoms with Crippen LogP contribution in [-0.2, 0) is 0 Å². The first kappa shape index (κ1) is 17.4. The van der Waals surface area contributed by atoms with E-state index in [-0.39, 0.29) is 30.4 Å². The Morgan fingerprint density at radius 3 is 2.88 bits per heavy atom. The molecule has 0 spiro atoms. The molecule has 1 aliphatic rings. The molecule has 1 aromatic carbocycles. The Bertz CT molecular complexity index is 766. The van der Waals surface area contributed by atoms with Crippen LogP contribution in [0.25, 0.3) is 0 Å². The molecule has 1 saturated heterocycles. The van der Waals surface area contributed by atoms with Gasteiger partial charge in [-0.2, -0.15) is 0 Å². The first-order chi connectivity index (χ1) is 11.9. The van der Waals surface area contributed by atoms with Gasteiger partial charge in [0, 0.05) is 24.4 Å². The first-order valence-electron chi connectivity index (χ1n) is 8.31. The summed E-state index contributed by atoms with van der Waals surface area (Å²) in [5.41, 5.74) is 1.11. The maximum absolute atomic E-state index is 13.6. The number of ether oxygens (including phenoxy) is 1. The van der Waals surface area contributed by atoms with Gasteiger partial charge >= 0.3 is 0 Å². The number of likely N-dealkylation sites (tertiary alicyclic amines) is 1. The van der Waals surface area contributed by atoms with Crippen molar-refractivity contribution in [3.8, 4) is 5.88 Å². The Balaban J connectivity index is 1.87. The van der Waals surface area contributed by atoms with Crippen LogP contribution in [0.5, 0.6) is 5.88 Å². The number of amides is 1. The summed E-state index contributed by atoms with van der Waals surface area (Å²) in [6.45, 7) is 3.97. The maximum Gasteiger partial charge on any atom is 0.254 e. The van der Waals surface area contributed by atoms with Gasteiger partial charge in [-0.1, -0.05) is 12.1 Å². The second-order valence-electron chi connectivity index (χ2n) is 6.47. The highest BCUT2D eigenvalue weighted by atomic mass is 19.1. The second kappa shape index (κ2) is 7.19. The summed E-state index contributed by atoms with van der Waals surface area (Å²) < 4.78 is 19.1. The van der Waals surface area contributed by atoms with Crippen molar-refractivity contribution in [2.24, 2.45) is 0 Å². The molecule has 0 aliphatic carbocycles. The van der Waals surface area contributed by atoms with Gasteiger partial charge in [0.2, 0.25) is 5.88 Å². The van der Waals surface area contributed by atoms with Crippen LogP contribution in [-0.4, -0.2) is 39.7 Å². The van der Waals surface area contributed by atoms with E-state index in [1.54, 1.807) is 29.2 Å². The summed E-state index contributed by atoms with van der Waals surface area (Å²) in [6.07, 6.45) is 1.22. The van der Waals surface area contributed by atoms with Gasteiger partial charge in [0.05, 0.1) is 18.2 Å². The Kier molecular flexibility index (Phi) is 4.99. The number of benzene rings is 1. The lowest BCUT2D eigenvalue weighted by Crippen LogP contribution is -2.31. The molecule has 3 rings (SSSR count). The number of aliphatic hydroxyl groups is 1. The van der Waals surface area contributed by atoms with E-state index in [9.17, 15) is 14.3 Å². The van der Waals surface area contributed by atoms with Gasteiger partial charge in [-0.3, -0.25) is 4.79 Å². The van der Waals surface area contributed by atoms with Gasteiger partial charge in [-0.05, 0) is 44.0 Å². The predicted octanol–water partition coefficient (Wildman–Crippen LogP) is 2.96. The lowest BCUT2D eigenvalue weighted by molar-refractivity contribution is 0.0714. The van der Waals surface area contributed by atoms with Crippen molar-refractivity contribution < 1.29 is 19.0 Å². The topological polar surface area (TPSA) is 62.7 Å². The quantitative estimate of drug-likeness (QED) is 0.926. The number of hydrogen-bond donors (Lipinski definition) is 1. The lowest BCUT2D eigenvalue weighted by Gasteiger charge is -2.25. The number of aromatic nitrogens is 1. The first-order valence-corrected chi connectivity index (χ1v) is 8.31. The fraction of sp³-hybridized carbons (Fsp3) is 0.368. The van der Waals surface area contributed by atoms with Crippen LogP contribution in [0.4, 0.5) is 4.39 Å². The highest BCUT2D eigenvalue weighted by molar-refractivity contribution is 5.95. The van der Waals surface area contributed by atoms with Crippen LogP contribution in [0, 0.1) is 5.82 Å². The van der Waals surface area contributed by atoms with E-state index in [0.717, 1.165) is 0 Å². The number of β-amino-alcohol motifs (C(OH)–C–C–N with tert-alkyl or cyclic N) is 1. The van der Waals surface area contributed by atoms with Crippen molar-refractivity contribution in [1.82, 2.24) is 9.88 Å². The number of rotatable bonds is 4. The molecule has 0 saturated carbocycles. The number of hydrogen-bond acceptors (Lipinski definition) is 4. The maximum atomic E-state index is 13.6. The van der Waals surface area contributed by atoms with Crippen LogP contribution >= 0.6 is 0 Å². The molecule has 1 N–H and O–H groups in total. The summed E-state index contributed by atoms with van der Waals surface area (Å²) in [5, 5.41) is 10.0. The fourth-order valence-corrected chi connectivity index (χ4v) is 3.08. The van der Waals surface area contributed by atoms with E-state index >= 15 is 0 Å². The Hall–Kier alpha value is -2.47. The van der Waals surface area contributed by atoms with E-state index in [0.29, 0.717) is 23.4 Å². The van der Waals surface area contributed by atoms with Crippen molar-refractivity contribution >= 4 is 5.91 Å². The van der Waals surface area contributed by atoms with Crippen LogP contribution in [0.2, 0.25) is 0 Å². The van der Waals surface area contributed by atoms with E-state index in [2.05, 4.69) is 4.98 Å². The van der Waals surface area contributed by atoms with Gasteiger partial charge in [0.15, 0.2) is 0 Å². The third kappa shape index (κ3) is 3.96. The average Bonchev–Trinajstić information content (AvgIpc) is 2.96. The zero-order valence-electron chi connectivity index (χ0n) is 14.2. The van der Waals surface area contributed by atoms with E-state index in [4.69, 9.17) is 4.74 Å². The standard InChI is InChI=1S/C19H21FN2O3/c1-12(2)25-18-9-14(6-7-21-18)19(24)22-11-16(23)10-17(22)13-4-3-5-15(20)8-13/h3-9,12,16-17,23H,10-11H2,1-2H3. The van der Waals surface area contributed by atoms with Crippen molar-refractivity contribution in [2.75, 3.05) is 6.54 Å². The normalized spacial score (nSPS) is 20.1. The van der Waals surface area contributed by atoms with Crippen LogP contribution in [0.15, 0.2) is 42.6 Å². The zero-order valence-corrected chi connectivity index (χ0v) is 14.2. The molecule has 132 valence electrons. The largest absolute Gasteiger partial charge is 0.475 e. The minimum atomic E-state index is -0.634. The lowest BCUT2D eigenvalue weighted by atomic mass is 10.0. The molecule has 0 bridgehead atoms. The Morgan fingerprint density at radius 1 is 1.36 bits per heavy atom. The third-order valence-corrected chi connectivity index (χ3v) is 4.11. The van der Waals surface area contributed by atoms with Gasteiger partial charge in [0.25, 0.3) is 5.91 Å². The summed E-state index contributed by atoms with van der Waals surface area (Å²) >= 11 is 0. The van der Waals surface area contributed by atoms with Gasteiger partial charge in [-0.25, -0.2) is 9.37 Å². The van der Waals surface area contributed by atoms with Crippen molar-refractivity contribution in [3.63, 3.8) is 0 Å². The minimum absolute atomic E-state index is 0.0495. The number of aliphatic hydroxyl groups excluding tert-OH is 1. The SMILES string of the molecule is CC(C)Oc1cc(C(=O)N2CC(O)CC2c2cccc(F)c2)ccn1. The average molecular weight is 344 g/mol. The molecule has 1 aromatic heterocycles. The van der Waals surface area contributed by atoms with Crippen molar-refractivity contribution in [2.45, 2.75) is 38.5 Å². The smallest absolute Gasteiger partial charge is 0.254 e. The molecule has 2 aromatic rings. The van der Waals surface area contributed by atoms with Crippen LogP contribution in [0.3, 0.4) is 0 Å². The van der Waals surface area contributed by atoms with E-state index in [1.165, 1.54) is 18.3 Å². The summed E-state index contributed by atoms with van der Waals surface area (Å²) in [7, 11) is 0. The second-order valence-corrected chi connectivity index (χ2v) is 6.47. The molecule has 1 fully saturated rings. The molecule has 5 nitrogen and oxygen atoms in total. The summed E-state index contributed by atoms with van der Waals surface area (Å²) in [5.74, 6) is -0.215. The van der Waals surface area contributed by atoms with E-state index in [1.807, 2.05) is 13.8 Å².